The molecule has 6 nitrogen and oxygen atoms in total. The number of aromatic nitrogens is 2. The van der Waals surface area contributed by atoms with Crippen molar-refractivity contribution < 1.29 is 4.79 Å². The van der Waals surface area contributed by atoms with Crippen molar-refractivity contribution in [1.29, 1.82) is 5.26 Å². The van der Waals surface area contributed by atoms with E-state index in [-0.39, 0.29) is 17.5 Å². The number of benzene rings is 1. The fraction of sp³-hybridized carbons (Fsp3) is 0.400. The van der Waals surface area contributed by atoms with Crippen LogP contribution in [0.25, 0.3) is 11.3 Å². The van der Waals surface area contributed by atoms with Crippen molar-refractivity contribution in [1.82, 2.24) is 15.3 Å². The minimum Gasteiger partial charge on any atom is -0.352 e. The highest BCUT2D eigenvalue weighted by molar-refractivity contribution is 8.00. The van der Waals surface area contributed by atoms with Crippen LogP contribution in [0.4, 0.5) is 0 Å². The molecular weight excluding hydrogens is 360 g/mol. The van der Waals surface area contributed by atoms with Crippen LogP contribution in [0.1, 0.15) is 44.6 Å². The molecule has 7 heteroatoms. The average Bonchev–Trinajstić information content (AvgIpc) is 2.69. The molecule has 2 aromatic rings. The third-order valence-corrected chi connectivity index (χ3v) is 5.65. The normalized spacial score (nSPS) is 15.7. The standard InChI is InChI=1S/C20H22N4O2S/c1-13(18(25)22-15-10-6-3-7-11-15)27-20-23-17(14-8-4-2-5-9-14)16(12-21)19(26)24-20/h2,4-5,8-9,13,15H,3,6-7,10-11H2,1H3,(H,22,25)(H,23,24,26)/t13-/m0/s1. The minimum absolute atomic E-state index is 0.0233. The zero-order valence-electron chi connectivity index (χ0n) is 15.2. The lowest BCUT2D eigenvalue weighted by molar-refractivity contribution is -0.121. The smallest absolute Gasteiger partial charge is 0.270 e. The van der Waals surface area contributed by atoms with Gasteiger partial charge in [-0.2, -0.15) is 5.26 Å². The van der Waals surface area contributed by atoms with Gasteiger partial charge in [-0.15, -0.1) is 0 Å². The maximum absolute atomic E-state index is 12.5. The molecule has 1 aliphatic carbocycles. The number of amides is 1. The van der Waals surface area contributed by atoms with Gasteiger partial charge in [0.05, 0.1) is 10.9 Å². The zero-order valence-corrected chi connectivity index (χ0v) is 16.0. The van der Waals surface area contributed by atoms with Gasteiger partial charge in [-0.05, 0) is 19.8 Å². The summed E-state index contributed by atoms with van der Waals surface area (Å²) in [6, 6.07) is 11.3. The molecule has 2 N–H and O–H groups in total. The summed E-state index contributed by atoms with van der Waals surface area (Å²) in [5.41, 5.74) is 0.518. The van der Waals surface area contributed by atoms with E-state index in [2.05, 4.69) is 15.3 Å². The van der Waals surface area contributed by atoms with E-state index < -0.39 is 10.8 Å². The van der Waals surface area contributed by atoms with Crippen molar-refractivity contribution in [2.24, 2.45) is 0 Å². The molecule has 1 aliphatic rings. The topological polar surface area (TPSA) is 98.6 Å². The summed E-state index contributed by atoms with van der Waals surface area (Å²) in [7, 11) is 0. The molecule has 3 rings (SSSR count). The van der Waals surface area contributed by atoms with Crippen LogP contribution >= 0.6 is 11.8 Å². The number of nitriles is 1. The van der Waals surface area contributed by atoms with Gasteiger partial charge in [0.2, 0.25) is 5.91 Å². The van der Waals surface area contributed by atoms with E-state index in [1.165, 1.54) is 18.2 Å². The van der Waals surface area contributed by atoms with Crippen LogP contribution in [0.2, 0.25) is 0 Å². The van der Waals surface area contributed by atoms with E-state index in [9.17, 15) is 14.9 Å². The van der Waals surface area contributed by atoms with Crippen LogP contribution < -0.4 is 10.9 Å². The van der Waals surface area contributed by atoms with Gasteiger partial charge in [0, 0.05) is 11.6 Å². The van der Waals surface area contributed by atoms with Crippen LogP contribution in [0.5, 0.6) is 0 Å². The molecule has 0 unspecified atom stereocenters. The third-order valence-electron chi connectivity index (χ3n) is 4.67. The summed E-state index contributed by atoms with van der Waals surface area (Å²) >= 11 is 1.19. The summed E-state index contributed by atoms with van der Waals surface area (Å²) in [4.78, 5) is 31.8. The van der Waals surface area contributed by atoms with Crippen molar-refractivity contribution >= 4 is 17.7 Å². The van der Waals surface area contributed by atoms with Gasteiger partial charge in [-0.1, -0.05) is 61.4 Å². The SMILES string of the molecule is C[C@H](Sc1nc(-c2ccccc2)c(C#N)c(=O)[nH]1)C(=O)NC1CCCCC1. The fourth-order valence-corrected chi connectivity index (χ4v) is 4.01. The monoisotopic (exact) mass is 382 g/mol. The second kappa shape index (κ2) is 8.87. The van der Waals surface area contributed by atoms with E-state index >= 15 is 0 Å². The van der Waals surface area contributed by atoms with Crippen LogP contribution in [0.3, 0.4) is 0 Å². The number of aromatic amines is 1. The maximum atomic E-state index is 12.5. The molecular formula is C20H22N4O2S. The lowest BCUT2D eigenvalue weighted by Crippen LogP contribution is -2.40. The van der Waals surface area contributed by atoms with Gasteiger partial charge in [-0.25, -0.2) is 4.98 Å². The minimum atomic E-state index is -0.492. The third kappa shape index (κ3) is 4.77. The molecule has 0 aliphatic heterocycles. The van der Waals surface area contributed by atoms with Gasteiger partial charge < -0.3 is 10.3 Å². The second-order valence-corrected chi connectivity index (χ2v) is 8.01. The lowest BCUT2D eigenvalue weighted by atomic mass is 9.95. The molecule has 1 amide bonds. The number of hydrogen-bond acceptors (Lipinski definition) is 5. The number of H-pyrrole nitrogens is 1. The van der Waals surface area contributed by atoms with Crippen molar-refractivity contribution in [3.05, 3.63) is 46.2 Å². The summed E-state index contributed by atoms with van der Waals surface area (Å²) in [6.45, 7) is 1.79. The Bertz CT molecular complexity index is 898. The number of carbonyl (C=O) groups excluding carboxylic acids is 1. The predicted octanol–water partition coefficient (Wildman–Crippen LogP) is 3.24. The molecule has 1 saturated carbocycles. The van der Waals surface area contributed by atoms with E-state index in [1.54, 1.807) is 19.1 Å². The molecule has 0 radical (unpaired) electrons. The Morgan fingerprint density at radius 3 is 2.67 bits per heavy atom. The van der Waals surface area contributed by atoms with E-state index in [1.807, 2.05) is 24.3 Å². The van der Waals surface area contributed by atoms with Crippen LogP contribution in [-0.2, 0) is 4.79 Å². The molecule has 140 valence electrons. The number of hydrogen-bond donors (Lipinski definition) is 2. The van der Waals surface area contributed by atoms with Gasteiger partial charge in [0.25, 0.3) is 5.56 Å². The van der Waals surface area contributed by atoms with E-state index in [0.717, 1.165) is 25.7 Å². The largest absolute Gasteiger partial charge is 0.352 e. The van der Waals surface area contributed by atoms with Crippen LogP contribution in [0, 0.1) is 11.3 Å². The molecule has 0 saturated heterocycles. The van der Waals surface area contributed by atoms with Crippen LogP contribution in [-0.4, -0.2) is 27.2 Å². The molecule has 0 bridgehead atoms. The van der Waals surface area contributed by atoms with Crippen molar-refractivity contribution in [2.75, 3.05) is 0 Å². The first kappa shape index (κ1) is 19.2. The second-order valence-electron chi connectivity index (χ2n) is 6.68. The summed E-state index contributed by atoms with van der Waals surface area (Å²) in [6.07, 6.45) is 5.57. The summed E-state index contributed by atoms with van der Waals surface area (Å²) in [5.74, 6) is -0.0554. The highest BCUT2D eigenvalue weighted by Gasteiger charge is 2.22. The Morgan fingerprint density at radius 1 is 1.30 bits per heavy atom. The first-order valence-corrected chi connectivity index (χ1v) is 10.0. The molecule has 0 spiro atoms. The Morgan fingerprint density at radius 2 is 2.00 bits per heavy atom. The Hall–Kier alpha value is -2.59. The van der Waals surface area contributed by atoms with Gasteiger partial charge in [0.15, 0.2) is 5.16 Å². The highest BCUT2D eigenvalue weighted by Crippen LogP contribution is 2.25. The molecule has 1 heterocycles. The Balaban J connectivity index is 1.78. The highest BCUT2D eigenvalue weighted by atomic mass is 32.2. The number of nitrogens with zero attached hydrogens (tertiary/aromatic N) is 2. The average molecular weight is 382 g/mol. The zero-order chi connectivity index (χ0) is 19.2. The number of carbonyl (C=O) groups is 1. The molecule has 1 atom stereocenters. The number of rotatable bonds is 5. The van der Waals surface area contributed by atoms with Gasteiger partial charge in [-0.3, -0.25) is 9.59 Å². The van der Waals surface area contributed by atoms with Crippen molar-refractivity contribution in [3.63, 3.8) is 0 Å². The van der Waals surface area contributed by atoms with E-state index in [4.69, 9.17) is 0 Å². The summed E-state index contributed by atoms with van der Waals surface area (Å²) in [5, 5.41) is 12.4. The van der Waals surface area contributed by atoms with Gasteiger partial charge >= 0.3 is 0 Å². The number of nitrogens with one attached hydrogen (secondary N) is 2. The molecule has 1 aromatic heterocycles. The quantitative estimate of drug-likeness (QED) is 0.611. The molecule has 1 fully saturated rings. The van der Waals surface area contributed by atoms with Gasteiger partial charge in [0.1, 0.15) is 11.6 Å². The maximum Gasteiger partial charge on any atom is 0.270 e. The molecule has 1 aromatic carbocycles. The Labute approximate surface area is 162 Å². The van der Waals surface area contributed by atoms with E-state index in [0.29, 0.717) is 16.4 Å². The van der Waals surface area contributed by atoms with Crippen molar-refractivity contribution in [3.8, 4) is 17.3 Å². The Kier molecular flexibility index (Phi) is 6.30. The summed E-state index contributed by atoms with van der Waals surface area (Å²) < 4.78 is 0. The van der Waals surface area contributed by atoms with Crippen LogP contribution in [0.15, 0.2) is 40.3 Å². The number of thioether (sulfide) groups is 1. The first-order valence-electron chi connectivity index (χ1n) is 9.15. The van der Waals surface area contributed by atoms with Crippen molar-refractivity contribution in [2.45, 2.75) is 55.5 Å². The fourth-order valence-electron chi connectivity index (χ4n) is 3.20. The predicted molar refractivity (Wildman–Crippen MR) is 105 cm³/mol. The lowest BCUT2D eigenvalue weighted by Gasteiger charge is -2.24. The molecule has 27 heavy (non-hydrogen) atoms. The first-order chi connectivity index (χ1) is 13.1.